The number of nitrogens with zero attached hydrogens (tertiary/aromatic N) is 2. The van der Waals surface area contributed by atoms with Crippen LogP contribution >= 0.6 is 0 Å². The number of nitrogen functional groups attached to an aromatic ring is 1. The summed E-state index contributed by atoms with van der Waals surface area (Å²) in [5, 5.41) is 3.53. The molecular formula is C16H29N5. The molecule has 2 unspecified atom stereocenters. The maximum Gasteiger partial charge on any atom is 0.148 e. The third-order valence-electron chi connectivity index (χ3n) is 4.42. The van der Waals surface area contributed by atoms with E-state index in [2.05, 4.69) is 41.5 Å². The Balaban J connectivity index is 2.09. The molecule has 0 saturated heterocycles. The van der Waals surface area contributed by atoms with Gasteiger partial charge in [-0.05, 0) is 31.6 Å². The third-order valence-corrected chi connectivity index (χ3v) is 4.42. The van der Waals surface area contributed by atoms with E-state index in [4.69, 9.17) is 5.84 Å². The lowest BCUT2D eigenvalue weighted by atomic mass is 9.82. The van der Waals surface area contributed by atoms with Crippen LogP contribution in [0.25, 0.3) is 0 Å². The van der Waals surface area contributed by atoms with Gasteiger partial charge in [0.1, 0.15) is 17.5 Å². The minimum absolute atomic E-state index is 0.285. The standard InChI is InChI=1S/C16H29N5/c1-10(2)14-19-15(12(4)16(20-14)21-17)18-9-13-7-5-6-11(3)8-13/h10-11,13H,5-9,17H2,1-4H3,(H2,18,19,20,21). The second-order valence-electron chi connectivity index (χ2n) is 6.72. The summed E-state index contributed by atoms with van der Waals surface area (Å²) in [6.45, 7) is 9.54. The zero-order valence-electron chi connectivity index (χ0n) is 13.7. The van der Waals surface area contributed by atoms with Gasteiger partial charge in [-0.15, -0.1) is 0 Å². The van der Waals surface area contributed by atoms with E-state index in [-0.39, 0.29) is 5.92 Å². The van der Waals surface area contributed by atoms with Gasteiger partial charge < -0.3 is 10.7 Å². The van der Waals surface area contributed by atoms with Crippen molar-refractivity contribution in [3.8, 4) is 0 Å². The molecule has 0 radical (unpaired) electrons. The van der Waals surface area contributed by atoms with E-state index >= 15 is 0 Å². The van der Waals surface area contributed by atoms with Crippen LogP contribution in [0.2, 0.25) is 0 Å². The average Bonchev–Trinajstić information content (AvgIpc) is 2.46. The quantitative estimate of drug-likeness (QED) is 0.572. The number of hydrogen-bond donors (Lipinski definition) is 3. The van der Waals surface area contributed by atoms with E-state index in [0.717, 1.165) is 35.6 Å². The molecule has 1 saturated carbocycles. The van der Waals surface area contributed by atoms with Crippen molar-refractivity contribution in [2.45, 2.75) is 59.3 Å². The van der Waals surface area contributed by atoms with Crippen LogP contribution in [0.1, 0.15) is 63.8 Å². The Hall–Kier alpha value is -1.36. The zero-order valence-corrected chi connectivity index (χ0v) is 13.7. The van der Waals surface area contributed by atoms with E-state index in [1.807, 2.05) is 6.92 Å². The van der Waals surface area contributed by atoms with E-state index < -0.39 is 0 Å². The van der Waals surface area contributed by atoms with Crippen molar-refractivity contribution < 1.29 is 0 Å². The highest BCUT2D eigenvalue weighted by Crippen LogP contribution is 2.29. The molecule has 1 aliphatic carbocycles. The van der Waals surface area contributed by atoms with Gasteiger partial charge in [-0.25, -0.2) is 15.8 Å². The van der Waals surface area contributed by atoms with Crippen molar-refractivity contribution in [1.29, 1.82) is 0 Å². The Bertz CT molecular complexity index is 472. The maximum atomic E-state index is 5.58. The van der Waals surface area contributed by atoms with Crippen LogP contribution in [0.3, 0.4) is 0 Å². The molecule has 0 spiro atoms. The van der Waals surface area contributed by atoms with Crippen LogP contribution in [0.4, 0.5) is 11.6 Å². The van der Waals surface area contributed by atoms with E-state index in [9.17, 15) is 0 Å². The van der Waals surface area contributed by atoms with Crippen LogP contribution in [0, 0.1) is 18.8 Å². The minimum Gasteiger partial charge on any atom is -0.369 e. The van der Waals surface area contributed by atoms with Crippen molar-refractivity contribution in [3.05, 3.63) is 11.4 Å². The van der Waals surface area contributed by atoms with Crippen molar-refractivity contribution in [1.82, 2.24) is 9.97 Å². The molecule has 4 N–H and O–H groups in total. The third kappa shape index (κ3) is 4.06. The van der Waals surface area contributed by atoms with Crippen molar-refractivity contribution in [2.75, 3.05) is 17.3 Å². The largest absolute Gasteiger partial charge is 0.369 e. The lowest BCUT2D eigenvalue weighted by molar-refractivity contribution is 0.293. The van der Waals surface area contributed by atoms with E-state index in [1.165, 1.54) is 25.7 Å². The Morgan fingerprint density at radius 2 is 1.95 bits per heavy atom. The van der Waals surface area contributed by atoms with Crippen LogP contribution in [0.5, 0.6) is 0 Å². The van der Waals surface area contributed by atoms with Crippen molar-refractivity contribution in [3.63, 3.8) is 0 Å². The molecule has 5 nitrogen and oxygen atoms in total. The highest BCUT2D eigenvalue weighted by molar-refractivity contribution is 5.56. The molecule has 2 atom stereocenters. The van der Waals surface area contributed by atoms with E-state index in [1.54, 1.807) is 0 Å². The molecule has 1 heterocycles. The first kappa shape index (κ1) is 16.0. The van der Waals surface area contributed by atoms with Crippen molar-refractivity contribution >= 4 is 11.6 Å². The smallest absolute Gasteiger partial charge is 0.148 e. The maximum absolute atomic E-state index is 5.58. The van der Waals surface area contributed by atoms with Gasteiger partial charge in [0.05, 0.1) is 0 Å². The van der Waals surface area contributed by atoms with Gasteiger partial charge in [-0.1, -0.05) is 33.6 Å². The summed E-state index contributed by atoms with van der Waals surface area (Å²) in [6.07, 6.45) is 5.36. The lowest BCUT2D eigenvalue weighted by Gasteiger charge is -2.27. The minimum atomic E-state index is 0.285. The first-order chi connectivity index (χ1) is 10.0. The molecule has 1 fully saturated rings. The number of aromatic nitrogens is 2. The highest BCUT2D eigenvalue weighted by Gasteiger charge is 2.19. The molecule has 21 heavy (non-hydrogen) atoms. The Morgan fingerprint density at radius 1 is 1.24 bits per heavy atom. The SMILES string of the molecule is Cc1c(NN)nc(C(C)C)nc1NCC1CCCC(C)C1. The number of anilines is 2. The van der Waals surface area contributed by atoms with Crippen LogP contribution < -0.4 is 16.6 Å². The topological polar surface area (TPSA) is 75.9 Å². The molecule has 1 aromatic rings. The van der Waals surface area contributed by atoms with E-state index in [0.29, 0.717) is 5.82 Å². The predicted octanol–water partition coefficient (Wildman–Crippen LogP) is 3.43. The number of hydrogen-bond acceptors (Lipinski definition) is 5. The highest BCUT2D eigenvalue weighted by atomic mass is 15.3. The Labute approximate surface area is 128 Å². The molecule has 0 amide bonds. The second kappa shape index (κ2) is 7.07. The predicted molar refractivity (Wildman–Crippen MR) is 88.3 cm³/mol. The average molecular weight is 291 g/mol. The molecule has 0 bridgehead atoms. The van der Waals surface area contributed by atoms with Gasteiger partial charge in [-0.2, -0.15) is 0 Å². The molecule has 0 aliphatic heterocycles. The summed E-state index contributed by atoms with van der Waals surface area (Å²) in [4.78, 5) is 9.14. The fourth-order valence-electron chi connectivity index (χ4n) is 3.09. The Kier molecular flexibility index (Phi) is 5.39. The van der Waals surface area contributed by atoms with Gasteiger partial charge in [0, 0.05) is 18.0 Å². The molecule has 1 aliphatic rings. The number of nitrogens with one attached hydrogen (secondary N) is 2. The monoisotopic (exact) mass is 291 g/mol. The summed E-state index contributed by atoms with van der Waals surface area (Å²) >= 11 is 0. The fourth-order valence-corrected chi connectivity index (χ4v) is 3.09. The second-order valence-corrected chi connectivity index (χ2v) is 6.72. The molecule has 1 aromatic heterocycles. The van der Waals surface area contributed by atoms with Crippen LogP contribution in [-0.2, 0) is 0 Å². The number of rotatable bonds is 5. The molecule has 118 valence electrons. The number of hydrazine groups is 1. The van der Waals surface area contributed by atoms with Crippen molar-refractivity contribution in [2.24, 2.45) is 17.7 Å². The zero-order chi connectivity index (χ0) is 15.4. The van der Waals surface area contributed by atoms with Crippen LogP contribution in [-0.4, -0.2) is 16.5 Å². The summed E-state index contributed by atoms with van der Waals surface area (Å²) in [6, 6.07) is 0. The summed E-state index contributed by atoms with van der Waals surface area (Å²) in [7, 11) is 0. The van der Waals surface area contributed by atoms with Crippen LogP contribution in [0.15, 0.2) is 0 Å². The van der Waals surface area contributed by atoms with Gasteiger partial charge in [0.2, 0.25) is 0 Å². The molecule has 5 heteroatoms. The molecular weight excluding hydrogens is 262 g/mol. The lowest BCUT2D eigenvalue weighted by Crippen LogP contribution is -2.22. The normalized spacial score (nSPS) is 22.4. The first-order valence-corrected chi connectivity index (χ1v) is 8.10. The summed E-state index contributed by atoms with van der Waals surface area (Å²) in [5.74, 6) is 9.92. The molecule has 2 rings (SSSR count). The Morgan fingerprint density at radius 3 is 2.57 bits per heavy atom. The van der Waals surface area contributed by atoms with Gasteiger partial charge in [0.25, 0.3) is 0 Å². The fraction of sp³-hybridized carbons (Fsp3) is 0.750. The summed E-state index contributed by atoms with van der Waals surface area (Å²) < 4.78 is 0. The van der Waals surface area contributed by atoms with Gasteiger partial charge >= 0.3 is 0 Å². The first-order valence-electron chi connectivity index (χ1n) is 8.10. The summed E-state index contributed by atoms with van der Waals surface area (Å²) in [5.41, 5.74) is 3.68. The molecule has 0 aromatic carbocycles. The number of nitrogens with two attached hydrogens (primary N) is 1. The van der Waals surface area contributed by atoms with Gasteiger partial charge in [-0.3, -0.25) is 0 Å². The van der Waals surface area contributed by atoms with Gasteiger partial charge in [0.15, 0.2) is 0 Å².